The number of para-hydroxylation sites is 1. The Morgan fingerprint density at radius 3 is 2.56 bits per heavy atom. The van der Waals surface area contributed by atoms with Crippen molar-refractivity contribution in [2.75, 3.05) is 19.5 Å². The predicted molar refractivity (Wildman–Crippen MR) is 122 cm³/mol. The van der Waals surface area contributed by atoms with Crippen molar-refractivity contribution in [3.05, 3.63) is 59.4 Å². The van der Waals surface area contributed by atoms with E-state index in [0.717, 1.165) is 5.52 Å². The van der Waals surface area contributed by atoms with Gasteiger partial charge in [-0.1, -0.05) is 12.1 Å². The van der Waals surface area contributed by atoms with E-state index < -0.39 is 12.0 Å². The number of anilines is 1. The highest BCUT2D eigenvalue weighted by atomic mass is 16.5. The summed E-state index contributed by atoms with van der Waals surface area (Å²) in [5.74, 6) is -0.0357. The summed E-state index contributed by atoms with van der Waals surface area (Å²) < 4.78 is 6.65. The average Bonchev–Trinajstić information content (AvgIpc) is 3.07. The molecule has 0 radical (unpaired) electrons. The Morgan fingerprint density at radius 2 is 1.88 bits per heavy atom. The lowest BCUT2D eigenvalue weighted by molar-refractivity contribution is 0.0601. The molecule has 0 saturated heterocycles. The maximum atomic E-state index is 12.7. The largest absolute Gasteiger partial charge is 0.465 e. The Hall–Kier alpha value is -3.88. The number of aromatic nitrogens is 2. The summed E-state index contributed by atoms with van der Waals surface area (Å²) in [5, 5.41) is 5.60. The minimum absolute atomic E-state index is 0.0361. The van der Waals surface area contributed by atoms with Crippen LogP contribution in [-0.4, -0.2) is 52.6 Å². The molecule has 168 valence electrons. The number of fused-ring (bicyclic) bond motifs is 1. The highest BCUT2D eigenvalue weighted by Crippen LogP contribution is 2.19. The van der Waals surface area contributed by atoms with E-state index in [1.165, 1.54) is 12.0 Å². The van der Waals surface area contributed by atoms with E-state index in [2.05, 4.69) is 15.6 Å². The van der Waals surface area contributed by atoms with Crippen LogP contribution in [0.4, 0.5) is 10.5 Å². The Morgan fingerprint density at radius 1 is 1.16 bits per heavy atom. The molecule has 2 aromatic carbocycles. The molecule has 9 heteroatoms. The van der Waals surface area contributed by atoms with E-state index in [0.29, 0.717) is 22.6 Å². The monoisotopic (exact) mass is 437 g/mol. The number of nitrogens with one attached hydrogen (secondary N) is 2. The highest BCUT2D eigenvalue weighted by molar-refractivity contribution is 6.01. The second-order valence-corrected chi connectivity index (χ2v) is 7.74. The van der Waals surface area contributed by atoms with Gasteiger partial charge in [-0.25, -0.2) is 14.6 Å². The number of methoxy groups -OCH3 is 1. The van der Waals surface area contributed by atoms with Gasteiger partial charge in [0.2, 0.25) is 0 Å². The number of esters is 1. The van der Waals surface area contributed by atoms with Gasteiger partial charge in [0.05, 0.1) is 35.9 Å². The lowest BCUT2D eigenvalue weighted by atomic mass is 10.2. The van der Waals surface area contributed by atoms with E-state index in [4.69, 9.17) is 4.74 Å². The molecule has 0 atom stereocenters. The van der Waals surface area contributed by atoms with Gasteiger partial charge in [0, 0.05) is 25.7 Å². The maximum absolute atomic E-state index is 12.7. The molecule has 0 aliphatic heterocycles. The molecule has 2 N–H and O–H groups in total. The number of aryl methyl sites for hydroxylation is 1. The summed E-state index contributed by atoms with van der Waals surface area (Å²) in [6.45, 7) is 4.03. The standard InChI is InChI=1S/C23H27N5O4/c1-14(2)24-21(29)15-10-11-19-18(12-15)25-20(28(19)4)13-27(3)23(31)26-17-9-7-6-8-16(17)22(30)32-5/h6-12,14H,13H2,1-5H3,(H,24,29)(H,26,31). The fourth-order valence-electron chi connectivity index (χ4n) is 3.25. The predicted octanol–water partition coefficient (Wildman–Crippen LogP) is 3.16. The van der Waals surface area contributed by atoms with Gasteiger partial charge in [0.25, 0.3) is 5.91 Å². The van der Waals surface area contributed by atoms with E-state index in [1.54, 1.807) is 43.4 Å². The molecule has 0 aliphatic rings. The number of ether oxygens (including phenoxy) is 1. The van der Waals surface area contributed by atoms with Crippen LogP contribution in [0, 0.1) is 0 Å². The zero-order valence-electron chi connectivity index (χ0n) is 18.8. The van der Waals surface area contributed by atoms with Gasteiger partial charge in [-0.2, -0.15) is 0 Å². The number of hydrogen-bond donors (Lipinski definition) is 2. The van der Waals surface area contributed by atoms with Crippen LogP contribution in [0.5, 0.6) is 0 Å². The number of urea groups is 1. The number of nitrogens with zero attached hydrogens (tertiary/aromatic N) is 3. The molecule has 0 aliphatic carbocycles. The molecule has 0 unspecified atom stereocenters. The van der Waals surface area contributed by atoms with E-state index in [1.807, 2.05) is 31.5 Å². The lowest BCUT2D eigenvalue weighted by Gasteiger charge is -2.18. The third-order valence-electron chi connectivity index (χ3n) is 4.95. The van der Waals surface area contributed by atoms with Crippen LogP contribution < -0.4 is 10.6 Å². The van der Waals surface area contributed by atoms with Gasteiger partial charge in [-0.3, -0.25) is 4.79 Å². The first-order valence-corrected chi connectivity index (χ1v) is 10.2. The van der Waals surface area contributed by atoms with Crippen molar-refractivity contribution in [3.63, 3.8) is 0 Å². The number of rotatable bonds is 6. The SMILES string of the molecule is COC(=O)c1ccccc1NC(=O)N(C)Cc1nc2cc(C(=O)NC(C)C)ccc2n1C. The van der Waals surface area contributed by atoms with Crippen molar-refractivity contribution >= 4 is 34.6 Å². The molecule has 9 nitrogen and oxygen atoms in total. The molecule has 3 amide bonds. The minimum Gasteiger partial charge on any atom is -0.465 e. The smallest absolute Gasteiger partial charge is 0.339 e. The number of hydrogen-bond acceptors (Lipinski definition) is 5. The summed E-state index contributed by atoms with van der Waals surface area (Å²) in [4.78, 5) is 43.0. The molecule has 32 heavy (non-hydrogen) atoms. The van der Waals surface area contributed by atoms with Crippen LogP contribution in [0.25, 0.3) is 11.0 Å². The van der Waals surface area contributed by atoms with Gasteiger partial charge in [0.15, 0.2) is 0 Å². The molecule has 0 bridgehead atoms. The van der Waals surface area contributed by atoms with Crippen LogP contribution in [0.2, 0.25) is 0 Å². The fourth-order valence-corrected chi connectivity index (χ4v) is 3.25. The molecular weight excluding hydrogens is 410 g/mol. The summed E-state index contributed by atoms with van der Waals surface area (Å²) in [5.41, 5.74) is 2.68. The molecular formula is C23H27N5O4. The minimum atomic E-state index is -0.531. The van der Waals surface area contributed by atoms with Crippen molar-refractivity contribution in [1.29, 1.82) is 0 Å². The van der Waals surface area contributed by atoms with Crippen molar-refractivity contribution < 1.29 is 19.1 Å². The number of carbonyl (C=O) groups excluding carboxylic acids is 3. The van der Waals surface area contributed by atoms with Crippen LogP contribution >= 0.6 is 0 Å². The number of carbonyl (C=O) groups is 3. The summed E-state index contributed by atoms with van der Waals surface area (Å²) in [6, 6.07) is 11.6. The molecule has 3 rings (SSSR count). The van der Waals surface area contributed by atoms with Crippen molar-refractivity contribution in [1.82, 2.24) is 19.8 Å². The fraction of sp³-hybridized carbons (Fsp3) is 0.304. The Balaban J connectivity index is 1.77. The van der Waals surface area contributed by atoms with Gasteiger partial charge in [-0.15, -0.1) is 0 Å². The van der Waals surface area contributed by atoms with Crippen LogP contribution in [0.3, 0.4) is 0 Å². The highest BCUT2D eigenvalue weighted by Gasteiger charge is 2.18. The lowest BCUT2D eigenvalue weighted by Crippen LogP contribution is -2.32. The molecule has 0 spiro atoms. The van der Waals surface area contributed by atoms with Crippen molar-refractivity contribution in [2.45, 2.75) is 26.4 Å². The zero-order valence-corrected chi connectivity index (χ0v) is 18.8. The number of amides is 3. The first kappa shape index (κ1) is 22.8. The van der Waals surface area contributed by atoms with Gasteiger partial charge in [-0.05, 0) is 44.2 Å². The number of imidazole rings is 1. The second-order valence-electron chi connectivity index (χ2n) is 7.74. The van der Waals surface area contributed by atoms with Crippen molar-refractivity contribution in [2.24, 2.45) is 7.05 Å². The van der Waals surface area contributed by atoms with Gasteiger partial charge >= 0.3 is 12.0 Å². The Bertz CT molecular complexity index is 1170. The normalized spacial score (nSPS) is 10.8. The van der Waals surface area contributed by atoms with E-state index in [9.17, 15) is 14.4 Å². The third-order valence-corrected chi connectivity index (χ3v) is 4.95. The summed E-state index contributed by atoms with van der Waals surface area (Å²) in [6.07, 6.45) is 0. The van der Waals surface area contributed by atoms with Crippen LogP contribution in [-0.2, 0) is 18.3 Å². The molecule has 0 saturated carbocycles. The summed E-state index contributed by atoms with van der Waals surface area (Å²) in [7, 11) is 4.78. The topological polar surface area (TPSA) is 106 Å². The van der Waals surface area contributed by atoms with E-state index in [-0.39, 0.29) is 24.1 Å². The molecule has 1 aromatic heterocycles. The van der Waals surface area contributed by atoms with Crippen molar-refractivity contribution in [3.8, 4) is 0 Å². The Labute approximate surface area is 186 Å². The maximum Gasteiger partial charge on any atom is 0.339 e. The molecule has 3 aromatic rings. The quantitative estimate of drug-likeness (QED) is 0.576. The third kappa shape index (κ3) is 4.88. The summed E-state index contributed by atoms with van der Waals surface area (Å²) >= 11 is 0. The first-order valence-electron chi connectivity index (χ1n) is 10.2. The second kappa shape index (κ2) is 9.51. The van der Waals surface area contributed by atoms with Crippen LogP contribution in [0.15, 0.2) is 42.5 Å². The molecule has 0 fully saturated rings. The average molecular weight is 438 g/mol. The van der Waals surface area contributed by atoms with E-state index >= 15 is 0 Å². The molecule has 1 heterocycles. The first-order chi connectivity index (χ1) is 15.2. The van der Waals surface area contributed by atoms with Crippen LogP contribution in [0.1, 0.15) is 40.4 Å². The number of benzene rings is 2. The zero-order chi connectivity index (χ0) is 23.4. The Kier molecular flexibility index (Phi) is 6.77. The van der Waals surface area contributed by atoms with Gasteiger partial charge in [0.1, 0.15) is 5.82 Å². The van der Waals surface area contributed by atoms with Gasteiger partial charge < -0.3 is 24.8 Å².